The molecule has 0 aliphatic carbocycles. The Morgan fingerprint density at radius 3 is 2.36 bits per heavy atom. The molecule has 0 spiro atoms. The lowest BCUT2D eigenvalue weighted by Crippen LogP contribution is -1.79. The van der Waals surface area contributed by atoms with Crippen LogP contribution in [0.2, 0.25) is 5.02 Å². The predicted octanol–water partition coefficient (Wildman–Crippen LogP) is 6.55. The zero-order valence-corrected chi connectivity index (χ0v) is 12.4. The van der Waals surface area contributed by atoms with Gasteiger partial charge in [0.25, 0.3) is 0 Å². The molecule has 0 saturated heterocycles. The van der Waals surface area contributed by atoms with Crippen LogP contribution in [0.3, 0.4) is 0 Å². The van der Waals surface area contributed by atoms with Crippen molar-refractivity contribution in [2.24, 2.45) is 0 Å². The van der Waals surface area contributed by atoms with Gasteiger partial charge in [-0.1, -0.05) is 54.1 Å². The topological polar surface area (TPSA) is 13.1 Å². The number of benzene rings is 4. The van der Waals surface area contributed by atoms with Crippen LogP contribution in [-0.4, -0.2) is 0 Å². The van der Waals surface area contributed by atoms with E-state index in [2.05, 4.69) is 42.5 Å². The third-order valence-electron chi connectivity index (χ3n) is 4.30. The molecule has 1 heterocycles. The molecule has 0 saturated carbocycles. The highest BCUT2D eigenvalue weighted by molar-refractivity contribution is 6.33. The largest absolute Gasteiger partial charge is 0.456 e. The number of hydrogen-bond acceptors (Lipinski definition) is 1. The molecular weight excluding hydrogens is 292 g/mol. The monoisotopic (exact) mass is 302 g/mol. The van der Waals surface area contributed by atoms with Crippen molar-refractivity contribution >= 4 is 55.1 Å². The lowest BCUT2D eigenvalue weighted by atomic mass is 9.98. The lowest BCUT2D eigenvalue weighted by Gasteiger charge is -2.05. The van der Waals surface area contributed by atoms with Crippen molar-refractivity contribution in [2.75, 3.05) is 0 Å². The second-order valence-electron chi connectivity index (χ2n) is 5.57. The molecule has 5 aromatic rings. The Bertz CT molecular complexity index is 1180. The quantitative estimate of drug-likeness (QED) is 0.296. The molecule has 0 amide bonds. The maximum absolute atomic E-state index is 6.20. The second-order valence-corrected chi connectivity index (χ2v) is 6.00. The van der Waals surface area contributed by atoms with Crippen LogP contribution in [0.25, 0.3) is 43.5 Å². The fraction of sp³-hybridized carbons (Fsp3) is 0. The molecule has 1 aromatic heterocycles. The summed E-state index contributed by atoms with van der Waals surface area (Å²) in [5.41, 5.74) is 1.78. The maximum atomic E-state index is 6.20. The van der Waals surface area contributed by atoms with Crippen molar-refractivity contribution < 1.29 is 4.42 Å². The van der Waals surface area contributed by atoms with Gasteiger partial charge in [-0.15, -0.1) is 0 Å². The van der Waals surface area contributed by atoms with Gasteiger partial charge in [0.05, 0.1) is 0 Å². The second kappa shape index (κ2) is 4.25. The van der Waals surface area contributed by atoms with Crippen molar-refractivity contribution in [2.45, 2.75) is 0 Å². The van der Waals surface area contributed by atoms with Gasteiger partial charge >= 0.3 is 0 Å². The molecule has 0 aliphatic rings. The highest BCUT2D eigenvalue weighted by Gasteiger charge is 2.12. The summed E-state index contributed by atoms with van der Waals surface area (Å²) in [6.45, 7) is 0. The van der Waals surface area contributed by atoms with Gasteiger partial charge in [0.2, 0.25) is 0 Å². The molecule has 0 bridgehead atoms. The zero-order chi connectivity index (χ0) is 14.7. The standard InChI is InChI=1S/C20H11ClO/c21-14-8-10-17-16(11-14)20-18(22-17)9-7-13-6-5-12-3-1-2-4-15(12)19(13)20/h1-11H. The Kier molecular flexibility index (Phi) is 2.33. The Morgan fingerprint density at radius 1 is 0.636 bits per heavy atom. The van der Waals surface area contributed by atoms with Crippen LogP contribution in [0.1, 0.15) is 0 Å². The summed E-state index contributed by atoms with van der Waals surface area (Å²) in [4.78, 5) is 0. The minimum Gasteiger partial charge on any atom is -0.456 e. The van der Waals surface area contributed by atoms with E-state index >= 15 is 0 Å². The third kappa shape index (κ3) is 1.54. The summed E-state index contributed by atoms with van der Waals surface area (Å²) < 4.78 is 6.01. The van der Waals surface area contributed by atoms with E-state index in [1.807, 2.05) is 24.3 Å². The zero-order valence-electron chi connectivity index (χ0n) is 11.6. The van der Waals surface area contributed by atoms with Gasteiger partial charge < -0.3 is 4.42 Å². The minimum atomic E-state index is 0.729. The van der Waals surface area contributed by atoms with E-state index in [0.717, 1.165) is 27.0 Å². The van der Waals surface area contributed by atoms with Crippen LogP contribution < -0.4 is 0 Å². The lowest BCUT2D eigenvalue weighted by molar-refractivity contribution is 0.669. The average molecular weight is 303 g/mol. The smallest absolute Gasteiger partial charge is 0.136 e. The van der Waals surface area contributed by atoms with Gasteiger partial charge in [0, 0.05) is 21.2 Å². The average Bonchev–Trinajstić information content (AvgIpc) is 2.92. The molecule has 0 unspecified atom stereocenters. The van der Waals surface area contributed by atoms with Crippen LogP contribution in [0.4, 0.5) is 0 Å². The molecule has 0 aliphatic heterocycles. The summed E-state index contributed by atoms with van der Waals surface area (Å²) >= 11 is 6.20. The van der Waals surface area contributed by atoms with Gasteiger partial charge in [-0.2, -0.15) is 0 Å². The molecule has 22 heavy (non-hydrogen) atoms. The van der Waals surface area contributed by atoms with Crippen LogP contribution in [-0.2, 0) is 0 Å². The first-order valence-electron chi connectivity index (χ1n) is 7.23. The minimum absolute atomic E-state index is 0.729. The molecular formula is C20H11ClO. The van der Waals surface area contributed by atoms with Gasteiger partial charge in [-0.3, -0.25) is 0 Å². The number of halogens is 1. The highest BCUT2D eigenvalue weighted by Crippen LogP contribution is 2.38. The SMILES string of the molecule is Clc1ccc2oc3ccc4ccc5ccccc5c4c3c2c1. The first-order chi connectivity index (χ1) is 10.8. The van der Waals surface area contributed by atoms with Gasteiger partial charge in [-0.25, -0.2) is 0 Å². The first-order valence-corrected chi connectivity index (χ1v) is 7.61. The molecule has 5 rings (SSSR count). The predicted molar refractivity (Wildman–Crippen MR) is 93.7 cm³/mol. The van der Waals surface area contributed by atoms with E-state index < -0.39 is 0 Å². The van der Waals surface area contributed by atoms with Crippen LogP contribution in [0, 0.1) is 0 Å². The van der Waals surface area contributed by atoms with Crippen LogP contribution >= 0.6 is 11.6 Å². The Hall–Kier alpha value is -2.51. The van der Waals surface area contributed by atoms with Crippen molar-refractivity contribution in [3.63, 3.8) is 0 Å². The fourth-order valence-corrected chi connectivity index (χ4v) is 3.51. The summed E-state index contributed by atoms with van der Waals surface area (Å²) in [6.07, 6.45) is 0. The molecule has 0 fully saturated rings. The van der Waals surface area contributed by atoms with Gasteiger partial charge in [-0.05, 0) is 40.4 Å². The summed E-state index contributed by atoms with van der Waals surface area (Å²) in [6, 6.07) is 22.7. The molecule has 4 aromatic carbocycles. The van der Waals surface area contributed by atoms with Crippen LogP contribution in [0.5, 0.6) is 0 Å². The number of hydrogen-bond donors (Lipinski definition) is 0. The van der Waals surface area contributed by atoms with Crippen molar-refractivity contribution in [1.82, 2.24) is 0 Å². The van der Waals surface area contributed by atoms with E-state index in [4.69, 9.17) is 16.0 Å². The van der Waals surface area contributed by atoms with E-state index in [1.165, 1.54) is 21.5 Å². The van der Waals surface area contributed by atoms with Crippen molar-refractivity contribution in [1.29, 1.82) is 0 Å². The summed E-state index contributed by atoms with van der Waals surface area (Å²) in [7, 11) is 0. The Labute approximate surface area is 131 Å². The van der Waals surface area contributed by atoms with Crippen LogP contribution in [0.15, 0.2) is 71.1 Å². The Morgan fingerprint density at radius 2 is 1.41 bits per heavy atom. The molecule has 2 heteroatoms. The maximum Gasteiger partial charge on any atom is 0.136 e. The van der Waals surface area contributed by atoms with E-state index in [9.17, 15) is 0 Å². The molecule has 1 nitrogen and oxygen atoms in total. The number of furan rings is 1. The van der Waals surface area contributed by atoms with E-state index in [1.54, 1.807) is 0 Å². The highest BCUT2D eigenvalue weighted by atomic mass is 35.5. The first kappa shape index (κ1) is 12.1. The molecule has 0 atom stereocenters. The fourth-order valence-electron chi connectivity index (χ4n) is 3.34. The van der Waals surface area contributed by atoms with Gasteiger partial charge in [0.1, 0.15) is 11.2 Å². The number of rotatable bonds is 0. The molecule has 104 valence electrons. The summed E-state index contributed by atoms with van der Waals surface area (Å²) in [5, 5.41) is 7.88. The third-order valence-corrected chi connectivity index (χ3v) is 4.54. The molecule has 0 radical (unpaired) electrons. The molecule has 0 N–H and O–H groups in total. The summed E-state index contributed by atoms with van der Waals surface area (Å²) in [5.74, 6) is 0. The van der Waals surface area contributed by atoms with E-state index in [-0.39, 0.29) is 0 Å². The van der Waals surface area contributed by atoms with Gasteiger partial charge in [0.15, 0.2) is 0 Å². The number of fused-ring (bicyclic) bond motifs is 7. The van der Waals surface area contributed by atoms with Crippen molar-refractivity contribution in [3.8, 4) is 0 Å². The van der Waals surface area contributed by atoms with E-state index in [0.29, 0.717) is 0 Å². The van der Waals surface area contributed by atoms with Crippen molar-refractivity contribution in [3.05, 3.63) is 71.8 Å². The Balaban J connectivity index is 2.16. The normalized spacial score (nSPS) is 11.9.